The number of hydrogen-bond donors (Lipinski definition) is 2. The minimum Gasteiger partial charge on any atom is -0.486 e. The molecule has 2 N–H and O–H groups in total. The maximum atomic E-state index is 12.4. The number of rotatable bonds is 3. The first-order valence-corrected chi connectivity index (χ1v) is 9.86. The minimum atomic E-state index is -0.569. The number of halogens is 1. The molecule has 4 rings (SSSR count). The molecule has 0 aromatic heterocycles. The number of fused-ring (bicyclic) bond motifs is 1. The monoisotopic (exact) mass is 459 g/mol. The van der Waals surface area contributed by atoms with Gasteiger partial charge in [0.15, 0.2) is 11.5 Å². The third-order valence-electron chi connectivity index (χ3n) is 4.74. The van der Waals surface area contributed by atoms with Gasteiger partial charge >= 0.3 is 0 Å². The number of benzene rings is 2. The van der Waals surface area contributed by atoms with E-state index in [0.717, 1.165) is 4.47 Å². The van der Waals surface area contributed by atoms with Crippen LogP contribution in [0.5, 0.6) is 11.5 Å². The van der Waals surface area contributed by atoms with E-state index in [9.17, 15) is 14.4 Å². The summed E-state index contributed by atoms with van der Waals surface area (Å²) in [4.78, 5) is 38.5. The largest absolute Gasteiger partial charge is 0.486 e. The molecule has 0 bridgehead atoms. The number of hydrogen-bond acceptors (Lipinski definition) is 5. The number of amides is 3. The van der Waals surface area contributed by atoms with E-state index in [-0.39, 0.29) is 18.9 Å². The van der Waals surface area contributed by atoms with Gasteiger partial charge in [0.05, 0.1) is 5.92 Å². The van der Waals surface area contributed by atoms with Crippen LogP contribution in [-0.4, -0.2) is 37.5 Å². The molecule has 0 saturated carbocycles. The van der Waals surface area contributed by atoms with Crippen molar-refractivity contribution >= 4 is 39.3 Å². The first-order valence-electron chi connectivity index (χ1n) is 9.07. The van der Waals surface area contributed by atoms with E-state index in [1.54, 1.807) is 47.4 Å². The highest BCUT2D eigenvalue weighted by atomic mass is 79.9. The molecule has 0 radical (unpaired) electrons. The second-order valence-electron chi connectivity index (χ2n) is 6.68. The maximum Gasteiger partial charge on any atom is 0.269 e. The summed E-state index contributed by atoms with van der Waals surface area (Å²) >= 11 is 3.30. The summed E-state index contributed by atoms with van der Waals surface area (Å²) < 4.78 is 11.9. The normalized spacial score (nSPS) is 17.8. The van der Waals surface area contributed by atoms with Crippen LogP contribution in [0.4, 0.5) is 5.69 Å². The molecule has 2 aliphatic heterocycles. The van der Waals surface area contributed by atoms with Crippen molar-refractivity contribution in [2.75, 3.05) is 24.7 Å². The third-order valence-corrected chi connectivity index (χ3v) is 5.27. The van der Waals surface area contributed by atoms with Gasteiger partial charge in [-0.1, -0.05) is 15.9 Å². The van der Waals surface area contributed by atoms with Crippen molar-refractivity contribution in [3.63, 3.8) is 0 Å². The Bertz CT molecular complexity index is 963. The lowest BCUT2D eigenvalue weighted by Gasteiger charge is -2.22. The first-order chi connectivity index (χ1) is 14.0. The second kappa shape index (κ2) is 8.12. The van der Waals surface area contributed by atoms with Crippen LogP contribution in [0.25, 0.3) is 0 Å². The van der Waals surface area contributed by atoms with Crippen LogP contribution >= 0.6 is 15.9 Å². The first kappa shape index (κ1) is 19.3. The Balaban J connectivity index is 1.36. The lowest BCUT2D eigenvalue weighted by atomic mass is 10.1. The Morgan fingerprint density at radius 2 is 1.72 bits per heavy atom. The molecule has 8 nitrogen and oxygen atoms in total. The molecule has 3 amide bonds. The molecule has 2 aromatic rings. The molecule has 1 fully saturated rings. The molecule has 2 aromatic carbocycles. The van der Waals surface area contributed by atoms with Crippen LogP contribution in [0.2, 0.25) is 0 Å². The van der Waals surface area contributed by atoms with E-state index in [0.29, 0.717) is 36.0 Å². The summed E-state index contributed by atoms with van der Waals surface area (Å²) in [6.45, 7) is 1.16. The lowest BCUT2D eigenvalue weighted by Crippen LogP contribution is -2.45. The van der Waals surface area contributed by atoms with E-state index in [1.165, 1.54) is 0 Å². The van der Waals surface area contributed by atoms with Crippen molar-refractivity contribution < 1.29 is 23.9 Å². The van der Waals surface area contributed by atoms with E-state index in [2.05, 4.69) is 26.8 Å². The van der Waals surface area contributed by atoms with Crippen molar-refractivity contribution in [1.29, 1.82) is 0 Å². The lowest BCUT2D eigenvalue weighted by molar-refractivity contribution is -0.126. The predicted octanol–water partition coefficient (Wildman–Crippen LogP) is 2.03. The number of nitrogens with one attached hydrogen (secondary N) is 2. The van der Waals surface area contributed by atoms with Crippen molar-refractivity contribution in [2.24, 2.45) is 5.92 Å². The molecule has 2 aliphatic rings. The SMILES string of the molecule is O=C(NNC(=O)C1CC(=O)N(c2ccc3c(c2)OCCO3)C1)c1ccc(Br)cc1. The molecule has 1 unspecified atom stereocenters. The Kier molecular flexibility index (Phi) is 5.39. The van der Waals surface area contributed by atoms with Gasteiger partial charge in [-0.25, -0.2) is 0 Å². The average Bonchev–Trinajstić information content (AvgIpc) is 3.13. The van der Waals surface area contributed by atoms with Gasteiger partial charge in [-0.3, -0.25) is 25.2 Å². The summed E-state index contributed by atoms with van der Waals surface area (Å²) in [5.41, 5.74) is 5.85. The number of carbonyl (C=O) groups excluding carboxylic acids is 3. The van der Waals surface area contributed by atoms with E-state index in [4.69, 9.17) is 9.47 Å². The fourth-order valence-corrected chi connectivity index (χ4v) is 3.49. The highest BCUT2D eigenvalue weighted by Gasteiger charge is 2.35. The number of anilines is 1. The van der Waals surface area contributed by atoms with Crippen molar-refractivity contribution in [3.8, 4) is 11.5 Å². The van der Waals surface area contributed by atoms with Crippen LogP contribution in [0.15, 0.2) is 46.9 Å². The number of ether oxygens (including phenoxy) is 2. The summed E-state index contributed by atoms with van der Waals surface area (Å²) in [5, 5.41) is 0. The Morgan fingerprint density at radius 1 is 1.00 bits per heavy atom. The van der Waals surface area contributed by atoms with Gasteiger partial charge in [0.2, 0.25) is 11.8 Å². The molecule has 1 saturated heterocycles. The van der Waals surface area contributed by atoms with Crippen molar-refractivity contribution in [3.05, 3.63) is 52.5 Å². The van der Waals surface area contributed by atoms with Crippen LogP contribution in [0, 0.1) is 5.92 Å². The number of nitrogens with zero attached hydrogens (tertiary/aromatic N) is 1. The van der Waals surface area contributed by atoms with Crippen molar-refractivity contribution in [2.45, 2.75) is 6.42 Å². The third kappa shape index (κ3) is 4.19. The van der Waals surface area contributed by atoms with Gasteiger partial charge in [0.25, 0.3) is 5.91 Å². The topological polar surface area (TPSA) is 97.0 Å². The molecular weight excluding hydrogens is 442 g/mol. The molecular formula is C20H18BrN3O5. The highest BCUT2D eigenvalue weighted by Crippen LogP contribution is 2.35. The second-order valence-corrected chi connectivity index (χ2v) is 7.60. The van der Waals surface area contributed by atoms with Crippen LogP contribution in [0.1, 0.15) is 16.8 Å². The summed E-state index contributed by atoms with van der Waals surface area (Å²) in [6.07, 6.45) is 0.0639. The molecule has 9 heteroatoms. The summed E-state index contributed by atoms with van der Waals surface area (Å²) in [5.74, 6) is -0.363. The van der Waals surface area contributed by atoms with Crippen LogP contribution in [0.3, 0.4) is 0 Å². The van der Waals surface area contributed by atoms with Gasteiger partial charge in [-0.05, 0) is 36.4 Å². The van der Waals surface area contributed by atoms with E-state index >= 15 is 0 Å². The Labute approximate surface area is 175 Å². The fraction of sp³-hybridized carbons (Fsp3) is 0.250. The zero-order valence-electron chi connectivity index (χ0n) is 15.3. The predicted molar refractivity (Wildman–Crippen MR) is 108 cm³/mol. The molecule has 150 valence electrons. The van der Waals surface area contributed by atoms with Gasteiger partial charge in [-0.15, -0.1) is 0 Å². The standard InChI is InChI=1S/C20H18BrN3O5/c21-14-3-1-12(2-4-14)19(26)22-23-20(27)13-9-18(25)24(11-13)15-5-6-16-17(10-15)29-8-7-28-16/h1-6,10,13H,7-9,11H2,(H,22,26)(H,23,27). The zero-order chi connectivity index (χ0) is 20.4. The molecule has 1 atom stereocenters. The highest BCUT2D eigenvalue weighted by molar-refractivity contribution is 9.10. The van der Waals surface area contributed by atoms with Gasteiger partial charge in [-0.2, -0.15) is 0 Å². The Morgan fingerprint density at radius 3 is 2.48 bits per heavy atom. The number of carbonyl (C=O) groups is 3. The quantitative estimate of drug-likeness (QED) is 0.684. The minimum absolute atomic E-state index is 0.0639. The molecule has 0 spiro atoms. The van der Waals surface area contributed by atoms with Gasteiger partial charge < -0.3 is 14.4 Å². The average molecular weight is 460 g/mol. The van der Waals surface area contributed by atoms with Crippen LogP contribution in [-0.2, 0) is 9.59 Å². The molecule has 2 heterocycles. The summed E-state index contributed by atoms with van der Waals surface area (Å²) in [7, 11) is 0. The fourth-order valence-electron chi connectivity index (χ4n) is 3.23. The van der Waals surface area contributed by atoms with Crippen LogP contribution < -0.4 is 25.2 Å². The maximum absolute atomic E-state index is 12.4. The van der Waals surface area contributed by atoms with Crippen molar-refractivity contribution in [1.82, 2.24) is 10.9 Å². The molecule has 29 heavy (non-hydrogen) atoms. The van der Waals surface area contributed by atoms with E-state index < -0.39 is 17.7 Å². The van der Waals surface area contributed by atoms with E-state index in [1.807, 2.05) is 0 Å². The molecule has 0 aliphatic carbocycles. The number of hydrazine groups is 1. The van der Waals surface area contributed by atoms with Gasteiger partial charge in [0.1, 0.15) is 13.2 Å². The summed E-state index contributed by atoms with van der Waals surface area (Å²) in [6, 6.07) is 12.0. The Hall–Kier alpha value is -3.07. The van der Waals surface area contributed by atoms with Gasteiger partial charge in [0, 0.05) is 34.8 Å². The zero-order valence-corrected chi connectivity index (χ0v) is 16.9. The smallest absolute Gasteiger partial charge is 0.269 e.